The zero-order valence-corrected chi connectivity index (χ0v) is 10.6. The number of halogens is 1. The minimum Gasteiger partial charge on any atom is -0.306 e. The summed E-state index contributed by atoms with van der Waals surface area (Å²) in [6.07, 6.45) is 0.723. The van der Waals surface area contributed by atoms with Crippen molar-refractivity contribution in [3.8, 4) is 0 Å². The number of Topliss-reactive ketones (excluding diaryl/α,β-unsaturated/α-hetero) is 1. The molecular formula is C12H24FNO. The predicted octanol–water partition coefficient (Wildman–Crippen LogP) is 2.67. The van der Waals surface area contributed by atoms with Gasteiger partial charge in [-0.25, -0.2) is 4.39 Å². The van der Waals surface area contributed by atoms with E-state index >= 15 is 0 Å². The van der Waals surface area contributed by atoms with Gasteiger partial charge in [0.2, 0.25) is 0 Å². The molecule has 3 heteroatoms. The van der Waals surface area contributed by atoms with Crippen LogP contribution in [0.5, 0.6) is 0 Å². The van der Waals surface area contributed by atoms with Crippen molar-refractivity contribution < 1.29 is 9.18 Å². The van der Waals surface area contributed by atoms with Gasteiger partial charge in [0.1, 0.15) is 0 Å². The van der Waals surface area contributed by atoms with Crippen LogP contribution in [-0.4, -0.2) is 36.5 Å². The first-order chi connectivity index (χ1) is 6.96. The Labute approximate surface area is 92.8 Å². The van der Waals surface area contributed by atoms with Crippen LogP contribution >= 0.6 is 0 Å². The Bertz CT molecular complexity index is 196. The third-order valence-corrected chi connectivity index (χ3v) is 2.75. The average Bonchev–Trinajstić information content (AvgIpc) is 2.24. The Morgan fingerprint density at radius 1 is 1.27 bits per heavy atom. The molecule has 0 radical (unpaired) electrons. The molecule has 0 saturated carbocycles. The summed E-state index contributed by atoms with van der Waals surface area (Å²) < 4.78 is 14.0. The van der Waals surface area contributed by atoms with Crippen molar-refractivity contribution in [3.63, 3.8) is 0 Å². The average molecular weight is 217 g/mol. The first-order valence-electron chi connectivity index (χ1n) is 5.87. The van der Waals surface area contributed by atoms with Gasteiger partial charge in [0.05, 0.1) is 0 Å². The Kier molecular flexibility index (Phi) is 6.03. The molecule has 1 aliphatic rings. The van der Waals surface area contributed by atoms with Crippen molar-refractivity contribution in [2.24, 2.45) is 5.92 Å². The van der Waals surface area contributed by atoms with Crippen LogP contribution in [-0.2, 0) is 4.79 Å². The molecule has 0 aromatic heterocycles. The Morgan fingerprint density at radius 3 is 2.00 bits per heavy atom. The van der Waals surface area contributed by atoms with Gasteiger partial charge in [-0.2, -0.15) is 0 Å². The smallest absolute Gasteiger partial charge is 0.172 e. The molecule has 1 aliphatic heterocycles. The molecule has 0 aromatic carbocycles. The maximum Gasteiger partial charge on any atom is 0.172 e. The molecule has 1 rings (SSSR count). The summed E-state index contributed by atoms with van der Waals surface area (Å²) in [6.45, 7) is 8.91. The molecule has 2 nitrogen and oxygen atoms in total. The van der Waals surface area contributed by atoms with Crippen LogP contribution in [0.25, 0.3) is 0 Å². The zero-order valence-electron chi connectivity index (χ0n) is 10.6. The number of rotatable bonds is 2. The van der Waals surface area contributed by atoms with E-state index in [2.05, 4.69) is 4.90 Å². The standard InChI is InChI=1S/C10H18FNO.C2H6/c1-8(2)9(13)10(11)4-6-12(3)7-5-10;1-2/h8H,4-7H2,1-3H3;1-2H3. The highest BCUT2D eigenvalue weighted by Gasteiger charge is 2.41. The second kappa shape index (κ2) is 6.21. The van der Waals surface area contributed by atoms with E-state index in [0.717, 1.165) is 0 Å². The highest BCUT2D eigenvalue weighted by molar-refractivity contribution is 5.88. The number of carbonyl (C=O) groups is 1. The number of alkyl halides is 1. The second-order valence-corrected chi connectivity index (χ2v) is 4.29. The van der Waals surface area contributed by atoms with Crippen LogP contribution in [0, 0.1) is 5.92 Å². The van der Waals surface area contributed by atoms with Gasteiger partial charge >= 0.3 is 0 Å². The summed E-state index contributed by atoms with van der Waals surface area (Å²) in [6, 6.07) is 0. The van der Waals surface area contributed by atoms with Crippen molar-refractivity contribution in [2.45, 2.75) is 46.2 Å². The van der Waals surface area contributed by atoms with Crippen molar-refractivity contribution in [2.75, 3.05) is 20.1 Å². The van der Waals surface area contributed by atoms with E-state index in [9.17, 15) is 9.18 Å². The van der Waals surface area contributed by atoms with Gasteiger partial charge in [0.15, 0.2) is 11.5 Å². The summed E-state index contributed by atoms with van der Waals surface area (Å²) in [4.78, 5) is 13.6. The second-order valence-electron chi connectivity index (χ2n) is 4.29. The quantitative estimate of drug-likeness (QED) is 0.708. The summed E-state index contributed by atoms with van der Waals surface area (Å²) >= 11 is 0. The molecule has 0 N–H and O–H groups in total. The molecule has 0 bridgehead atoms. The molecule has 0 aromatic rings. The van der Waals surface area contributed by atoms with Crippen LogP contribution < -0.4 is 0 Å². The van der Waals surface area contributed by atoms with E-state index < -0.39 is 5.67 Å². The summed E-state index contributed by atoms with van der Waals surface area (Å²) in [5, 5.41) is 0. The normalized spacial score (nSPS) is 20.7. The minimum absolute atomic E-state index is 0.187. The van der Waals surface area contributed by atoms with Gasteiger partial charge in [0, 0.05) is 31.8 Å². The highest BCUT2D eigenvalue weighted by atomic mass is 19.1. The van der Waals surface area contributed by atoms with E-state index in [1.165, 1.54) is 0 Å². The first-order valence-corrected chi connectivity index (χ1v) is 5.87. The van der Waals surface area contributed by atoms with Crippen molar-refractivity contribution in [1.29, 1.82) is 0 Å². The molecule has 1 saturated heterocycles. The lowest BCUT2D eigenvalue weighted by Gasteiger charge is -2.34. The molecule has 1 heterocycles. The fraction of sp³-hybridized carbons (Fsp3) is 0.917. The molecule has 15 heavy (non-hydrogen) atoms. The van der Waals surface area contributed by atoms with E-state index in [0.29, 0.717) is 25.9 Å². The highest BCUT2D eigenvalue weighted by Crippen LogP contribution is 2.29. The van der Waals surface area contributed by atoms with Crippen LogP contribution in [0.1, 0.15) is 40.5 Å². The largest absolute Gasteiger partial charge is 0.306 e. The van der Waals surface area contributed by atoms with Gasteiger partial charge < -0.3 is 4.90 Å². The number of nitrogens with zero attached hydrogens (tertiary/aromatic N) is 1. The van der Waals surface area contributed by atoms with Crippen LogP contribution in [0.4, 0.5) is 4.39 Å². The summed E-state index contributed by atoms with van der Waals surface area (Å²) in [7, 11) is 1.96. The molecule has 0 aliphatic carbocycles. The Balaban J connectivity index is 0.000000921. The van der Waals surface area contributed by atoms with Gasteiger partial charge in [-0.3, -0.25) is 4.79 Å². The van der Waals surface area contributed by atoms with Gasteiger partial charge in [-0.1, -0.05) is 27.7 Å². The molecular weight excluding hydrogens is 193 g/mol. The van der Waals surface area contributed by atoms with Crippen LogP contribution in [0.2, 0.25) is 0 Å². The fourth-order valence-corrected chi connectivity index (χ4v) is 1.74. The maximum atomic E-state index is 14.0. The fourth-order valence-electron chi connectivity index (χ4n) is 1.74. The lowest BCUT2D eigenvalue weighted by molar-refractivity contribution is -0.136. The number of hydrogen-bond acceptors (Lipinski definition) is 2. The summed E-state index contributed by atoms with van der Waals surface area (Å²) in [5.41, 5.74) is -1.54. The zero-order chi connectivity index (χ0) is 12.1. The third kappa shape index (κ3) is 3.90. The van der Waals surface area contributed by atoms with Crippen molar-refractivity contribution >= 4 is 5.78 Å². The Hall–Kier alpha value is -0.440. The van der Waals surface area contributed by atoms with Crippen LogP contribution in [0.3, 0.4) is 0 Å². The molecule has 1 fully saturated rings. The predicted molar refractivity (Wildman–Crippen MR) is 61.8 cm³/mol. The number of carbonyl (C=O) groups excluding carboxylic acids is 1. The SMILES string of the molecule is CC.CC(C)C(=O)C1(F)CCN(C)CC1. The molecule has 90 valence electrons. The first kappa shape index (κ1) is 14.6. The van der Waals surface area contributed by atoms with Crippen LogP contribution in [0.15, 0.2) is 0 Å². The van der Waals surface area contributed by atoms with E-state index in [-0.39, 0.29) is 11.7 Å². The van der Waals surface area contributed by atoms with E-state index in [1.54, 1.807) is 13.8 Å². The van der Waals surface area contributed by atoms with E-state index in [4.69, 9.17) is 0 Å². The summed E-state index contributed by atoms with van der Waals surface area (Å²) in [5.74, 6) is -0.408. The number of piperidine rings is 1. The number of hydrogen-bond donors (Lipinski definition) is 0. The molecule has 0 spiro atoms. The van der Waals surface area contributed by atoms with Gasteiger partial charge in [0.25, 0.3) is 0 Å². The lowest BCUT2D eigenvalue weighted by atomic mass is 9.84. The topological polar surface area (TPSA) is 20.3 Å². The molecule has 0 atom stereocenters. The molecule has 0 unspecified atom stereocenters. The molecule has 0 amide bonds. The monoisotopic (exact) mass is 217 g/mol. The van der Waals surface area contributed by atoms with Gasteiger partial charge in [-0.05, 0) is 7.05 Å². The van der Waals surface area contributed by atoms with Crippen molar-refractivity contribution in [3.05, 3.63) is 0 Å². The third-order valence-electron chi connectivity index (χ3n) is 2.75. The lowest BCUT2D eigenvalue weighted by Crippen LogP contribution is -2.46. The number of ketones is 1. The van der Waals surface area contributed by atoms with Gasteiger partial charge in [-0.15, -0.1) is 0 Å². The van der Waals surface area contributed by atoms with E-state index in [1.807, 2.05) is 20.9 Å². The Morgan fingerprint density at radius 2 is 1.67 bits per heavy atom. The number of likely N-dealkylation sites (tertiary alicyclic amines) is 1. The van der Waals surface area contributed by atoms with Crippen molar-refractivity contribution in [1.82, 2.24) is 4.90 Å². The maximum absolute atomic E-state index is 14.0. The minimum atomic E-state index is -1.54.